The van der Waals surface area contributed by atoms with Crippen LogP contribution in [0.2, 0.25) is 0 Å². The fourth-order valence-electron chi connectivity index (χ4n) is 2.89. The molecule has 1 aliphatic carbocycles. The van der Waals surface area contributed by atoms with Crippen molar-refractivity contribution in [2.24, 2.45) is 5.92 Å². The van der Waals surface area contributed by atoms with Crippen LogP contribution in [0.1, 0.15) is 56.3 Å². The smallest absolute Gasteiger partial charge is 0.157 e. The van der Waals surface area contributed by atoms with Gasteiger partial charge in [0, 0.05) is 19.0 Å². The third-order valence-corrected chi connectivity index (χ3v) is 4.08. The molecule has 1 aromatic rings. The van der Waals surface area contributed by atoms with Gasteiger partial charge in [0.2, 0.25) is 0 Å². The molecular formula is C16H27N3O. The maximum Gasteiger partial charge on any atom is 0.157 e. The molecule has 0 saturated carbocycles. The fourth-order valence-corrected chi connectivity index (χ4v) is 2.89. The number of nitrogens with one attached hydrogen (secondary N) is 1. The lowest BCUT2D eigenvalue weighted by atomic mass is 9.87. The standard InChI is InChI=1S/C16H27N3O/c1-4-6-15(20-3)16-18-11-13-9-12(10-17-5-2)7-8-14(13)19-16/h11-12,15,17H,4-10H2,1-3H3. The average molecular weight is 277 g/mol. The van der Waals surface area contributed by atoms with E-state index in [2.05, 4.69) is 24.1 Å². The Morgan fingerprint density at radius 3 is 3.00 bits per heavy atom. The van der Waals surface area contributed by atoms with E-state index in [9.17, 15) is 0 Å². The minimum atomic E-state index is 0.0461. The Hall–Kier alpha value is -1.00. The van der Waals surface area contributed by atoms with E-state index < -0.39 is 0 Å². The maximum atomic E-state index is 5.51. The van der Waals surface area contributed by atoms with Crippen molar-refractivity contribution >= 4 is 0 Å². The molecule has 0 aliphatic heterocycles. The number of aromatic nitrogens is 2. The molecule has 1 aromatic heterocycles. The van der Waals surface area contributed by atoms with Crippen LogP contribution in [-0.4, -0.2) is 30.2 Å². The van der Waals surface area contributed by atoms with Crippen LogP contribution in [-0.2, 0) is 17.6 Å². The molecule has 0 saturated heterocycles. The summed E-state index contributed by atoms with van der Waals surface area (Å²) in [7, 11) is 1.75. The van der Waals surface area contributed by atoms with Gasteiger partial charge in [0.15, 0.2) is 5.82 Å². The number of ether oxygens (including phenoxy) is 1. The van der Waals surface area contributed by atoms with Crippen molar-refractivity contribution in [2.45, 2.75) is 52.1 Å². The second kappa shape index (κ2) is 7.70. The molecule has 4 nitrogen and oxygen atoms in total. The van der Waals surface area contributed by atoms with E-state index in [-0.39, 0.29) is 6.10 Å². The summed E-state index contributed by atoms with van der Waals surface area (Å²) in [5.41, 5.74) is 2.56. The van der Waals surface area contributed by atoms with Crippen LogP contribution in [0.15, 0.2) is 6.20 Å². The molecule has 0 spiro atoms. The largest absolute Gasteiger partial charge is 0.373 e. The Morgan fingerprint density at radius 2 is 2.30 bits per heavy atom. The highest BCUT2D eigenvalue weighted by molar-refractivity contribution is 5.22. The third kappa shape index (κ3) is 3.76. The molecule has 1 aliphatic rings. The molecule has 1 heterocycles. The highest BCUT2D eigenvalue weighted by Crippen LogP contribution is 2.26. The zero-order chi connectivity index (χ0) is 14.4. The quantitative estimate of drug-likeness (QED) is 0.832. The highest BCUT2D eigenvalue weighted by atomic mass is 16.5. The minimum Gasteiger partial charge on any atom is -0.373 e. The van der Waals surface area contributed by atoms with Gasteiger partial charge >= 0.3 is 0 Å². The van der Waals surface area contributed by atoms with E-state index in [0.717, 1.165) is 50.5 Å². The fraction of sp³-hybridized carbons (Fsp3) is 0.750. The number of fused-ring (bicyclic) bond motifs is 1. The van der Waals surface area contributed by atoms with Gasteiger partial charge in [-0.1, -0.05) is 20.3 Å². The molecule has 2 unspecified atom stereocenters. The number of methoxy groups -OCH3 is 1. The van der Waals surface area contributed by atoms with E-state index in [4.69, 9.17) is 9.72 Å². The number of aryl methyl sites for hydroxylation is 1. The van der Waals surface area contributed by atoms with E-state index >= 15 is 0 Å². The van der Waals surface area contributed by atoms with Crippen LogP contribution in [0.25, 0.3) is 0 Å². The molecule has 0 radical (unpaired) electrons. The lowest BCUT2D eigenvalue weighted by molar-refractivity contribution is 0.0872. The second-order valence-electron chi connectivity index (χ2n) is 5.63. The van der Waals surface area contributed by atoms with Crippen LogP contribution in [0.3, 0.4) is 0 Å². The normalized spacial score (nSPS) is 19.6. The van der Waals surface area contributed by atoms with Crippen molar-refractivity contribution in [1.29, 1.82) is 0 Å². The Morgan fingerprint density at radius 1 is 1.45 bits per heavy atom. The molecule has 0 bridgehead atoms. The highest BCUT2D eigenvalue weighted by Gasteiger charge is 2.22. The molecule has 0 amide bonds. The van der Waals surface area contributed by atoms with Gasteiger partial charge < -0.3 is 10.1 Å². The third-order valence-electron chi connectivity index (χ3n) is 4.08. The molecule has 0 fully saturated rings. The van der Waals surface area contributed by atoms with Crippen molar-refractivity contribution in [2.75, 3.05) is 20.2 Å². The first-order valence-corrected chi connectivity index (χ1v) is 7.86. The van der Waals surface area contributed by atoms with Gasteiger partial charge in [-0.05, 0) is 50.3 Å². The molecule has 0 aromatic carbocycles. The van der Waals surface area contributed by atoms with Crippen molar-refractivity contribution in [3.05, 3.63) is 23.3 Å². The van der Waals surface area contributed by atoms with Crippen LogP contribution in [0.5, 0.6) is 0 Å². The summed E-state index contributed by atoms with van der Waals surface area (Å²) in [6.45, 7) is 6.47. The van der Waals surface area contributed by atoms with Crippen LogP contribution >= 0.6 is 0 Å². The molecule has 20 heavy (non-hydrogen) atoms. The maximum absolute atomic E-state index is 5.51. The first-order valence-electron chi connectivity index (χ1n) is 7.86. The second-order valence-corrected chi connectivity index (χ2v) is 5.63. The van der Waals surface area contributed by atoms with E-state index in [1.165, 1.54) is 17.7 Å². The SMILES string of the molecule is CCCC(OC)c1ncc2c(n1)CCC(CNCC)C2. The monoisotopic (exact) mass is 277 g/mol. The molecule has 2 rings (SSSR count). The van der Waals surface area contributed by atoms with Gasteiger partial charge in [0.1, 0.15) is 6.10 Å². The predicted octanol–water partition coefficient (Wildman–Crippen LogP) is 2.68. The molecule has 112 valence electrons. The Labute approximate surface area is 122 Å². The summed E-state index contributed by atoms with van der Waals surface area (Å²) < 4.78 is 5.51. The lowest BCUT2D eigenvalue weighted by Crippen LogP contribution is -2.28. The van der Waals surface area contributed by atoms with Gasteiger partial charge in [0.25, 0.3) is 0 Å². The molecule has 1 N–H and O–H groups in total. The van der Waals surface area contributed by atoms with Gasteiger partial charge in [-0.25, -0.2) is 9.97 Å². The lowest BCUT2D eigenvalue weighted by Gasteiger charge is -2.24. The van der Waals surface area contributed by atoms with E-state index in [1.807, 2.05) is 6.20 Å². The summed E-state index contributed by atoms with van der Waals surface area (Å²) in [4.78, 5) is 9.30. The molecule has 4 heteroatoms. The van der Waals surface area contributed by atoms with Crippen molar-refractivity contribution in [1.82, 2.24) is 15.3 Å². The number of hydrogen-bond donors (Lipinski definition) is 1. The summed E-state index contributed by atoms with van der Waals surface area (Å²) in [6.07, 6.45) is 7.54. The van der Waals surface area contributed by atoms with Crippen molar-refractivity contribution in [3.8, 4) is 0 Å². The van der Waals surface area contributed by atoms with Gasteiger partial charge in [0.05, 0.1) is 0 Å². The Bertz CT molecular complexity index is 422. The van der Waals surface area contributed by atoms with Crippen molar-refractivity contribution < 1.29 is 4.74 Å². The van der Waals surface area contributed by atoms with Crippen LogP contribution in [0, 0.1) is 5.92 Å². The van der Waals surface area contributed by atoms with Gasteiger partial charge in [-0.15, -0.1) is 0 Å². The Balaban J connectivity index is 2.06. The van der Waals surface area contributed by atoms with E-state index in [1.54, 1.807) is 7.11 Å². The van der Waals surface area contributed by atoms with Gasteiger partial charge in [-0.2, -0.15) is 0 Å². The van der Waals surface area contributed by atoms with Crippen LogP contribution < -0.4 is 5.32 Å². The topological polar surface area (TPSA) is 47.0 Å². The molecule has 2 atom stereocenters. The van der Waals surface area contributed by atoms with Crippen molar-refractivity contribution in [3.63, 3.8) is 0 Å². The summed E-state index contributed by atoms with van der Waals surface area (Å²) in [5, 5.41) is 3.44. The predicted molar refractivity (Wildman–Crippen MR) is 80.7 cm³/mol. The summed E-state index contributed by atoms with van der Waals surface area (Å²) >= 11 is 0. The Kier molecular flexibility index (Phi) is 5.92. The zero-order valence-electron chi connectivity index (χ0n) is 13.0. The molecular weight excluding hydrogens is 250 g/mol. The minimum absolute atomic E-state index is 0.0461. The van der Waals surface area contributed by atoms with Gasteiger partial charge in [-0.3, -0.25) is 0 Å². The average Bonchev–Trinajstić information content (AvgIpc) is 2.50. The number of rotatable bonds is 7. The number of nitrogens with zero attached hydrogens (tertiary/aromatic N) is 2. The first kappa shape index (κ1) is 15.4. The first-order chi connectivity index (χ1) is 9.78. The van der Waals surface area contributed by atoms with Crippen LogP contribution in [0.4, 0.5) is 0 Å². The zero-order valence-corrected chi connectivity index (χ0v) is 13.0. The summed E-state index contributed by atoms with van der Waals surface area (Å²) in [6, 6.07) is 0. The van der Waals surface area contributed by atoms with E-state index in [0.29, 0.717) is 0 Å². The summed E-state index contributed by atoms with van der Waals surface area (Å²) in [5.74, 6) is 1.59. The number of hydrogen-bond acceptors (Lipinski definition) is 4.